The van der Waals surface area contributed by atoms with Gasteiger partial charge in [0.25, 0.3) is 0 Å². The Morgan fingerprint density at radius 2 is 2.12 bits per heavy atom. The van der Waals surface area contributed by atoms with Crippen LogP contribution < -0.4 is 14.8 Å². The van der Waals surface area contributed by atoms with Gasteiger partial charge in [0.1, 0.15) is 30.3 Å². The molecule has 33 heavy (non-hydrogen) atoms. The standard InChI is InChI=1S/C23H24FN5O4/c1-15-21(26-14-27-22(15)33-20-7-3-5-11-29(20)23(30)31)28-19-9-8-17(12-18(19)24)32-13-16-6-2-4-10-25-16/h2,4,6,8-10,12,14,20H,3,5,7,11,13H2,1H3,(H,30,31)(H,26,27,28). The van der Waals surface area contributed by atoms with Crippen LogP contribution >= 0.6 is 0 Å². The van der Waals surface area contributed by atoms with Crippen LogP contribution in [0.15, 0.2) is 48.9 Å². The minimum Gasteiger partial charge on any atom is -0.487 e. The number of pyridine rings is 1. The highest BCUT2D eigenvalue weighted by atomic mass is 19.1. The monoisotopic (exact) mass is 453 g/mol. The fourth-order valence-corrected chi connectivity index (χ4v) is 3.51. The van der Waals surface area contributed by atoms with Gasteiger partial charge in [0.05, 0.1) is 16.9 Å². The van der Waals surface area contributed by atoms with Crippen LogP contribution in [0.25, 0.3) is 0 Å². The molecule has 1 fully saturated rings. The molecule has 3 aromatic rings. The molecule has 2 aromatic heterocycles. The molecule has 1 atom stereocenters. The summed E-state index contributed by atoms with van der Waals surface area (Å²) in [5.41, 5.74) is 1.49. The summed E-state index contributed by atoms with van der Waals surface area (Å²) in [7, 11) is 0. The number of carbonyl (C=O) groups is 1. The number of hydrogen-bond acceptors (Lipinski definition) is 7. The molecule has 1 unspecified atom stereocenters. The van der Waals surface area contributed by atoms with E-state index in [0.29, 0.717) is 30.1 Å². The van der Waals surface area contributed by atoms with Crippen molar-refractivity contribution in [1.29, 1.82) is 0 Å². The smallest absolute Gasteiger partial charge is 0.410 e. The Balaban J connectivity index is 1.45. The first kappa shape index (κ1) is 22.3. The molecular formula is C23H24FN5O4. The zero-order valence-corrected chi connectivity index (χ0v) is 18.1. The minimum atomic E-state index is -1.03. The van der Waals surface area contributed by atoms with Crippen LogP contribution in [0.4, 0.5) is 20.7 Å². The minimum absolute atomic E-state index is 0.206. The van der Waals surface area contributed by atoms with Gasteiger partial charge in [0.15, 0.2) is 6.23 Å². The lowest BCUT2D eigenvalue weighted by Gasteiger charge is -2.33. The van der Waals surface area contributed by atoms with Crippen LogP contribution in [-0.2, 0) is 6.61 Å². The Morgan fingerprint density at radius 3 is 2.88 bits per heavy atom. The highest BCUT2D eigenvalue weighted by molar-refractivity contribution is 5.65. The van der Waals surface area contributed by atoms with Crippen molar-refractivity contribution in [3.63, 3.8) is 0 Å². The molecule has 0 bridgehead atoms. The van der Waals surface area contributed by atoms with E-state index in [0.717, 1.165) is 18.5 Å². The van der Waals surface area contributed by atoms with Gasteiger partial charge < -0.3 is 19.9 Å². The zero-order valence-electron chi connectivity index (χ0n) is 18.1. The van der Waals surface area contributed by atoms with Gasteiger partial charge in [-0.05, 0) is 44.0 Å². The molecule has 0 radical (unpaired) electrons. The first-order valence-electron chi connectivity index (χ1n) is 10.6. The Hall–Kier alpha value is -3.95. The SMILES string of the molecule is Cc1c(Nc2ccc(OCc3ccccn3)cc2F)ncnc1OC1CCCCN1C(=O)O. The molecule has 1 aliphatic heterocycles. The second kappa shape index (κ2) is 10.1. The molecule has 9 nitrogen and oxygen atoms in total. The summed E-state index contributed by atoms with van der Waals surface area (Å²) in [5, 5.41) is 12.4. The lowest BCUT2D eigenvalue weighted by Crippen LogP contribution is -2.46. The molecule has 1 amide bonds. The van der Waals surface area contributed by atoms with Gasteiger partial charge in [-0.3, -0.25) is 9.88 Å². The van der Waals surface area contributed by atoms with Crippen molar-refractivity contribution in [2.75, 3.05) is 11.9 Å². The lowest BCUT2D eigenvalue weighted by molar-refractivity contribution is 0.00292. The molecule has 4 rings (SSSR count). The van der Waals surface area contributed by atoms with Crippen LogP contribution in [0.3, 0.4) is 0 Å². The second-order valence-electron chi connectivity index (χ2n) is 7.57. The summed E-state index contributed by atoms with van der Waals surface area (Å²) in [6, 6.07) is 9.98. The largest absolute Gasteiger partial charge is 0.487 e. The molecule has 1 aromatic carbocycles. The summed E-state index contributed by atoms with van der Waals surface area (Å²) < 4.78 is 26.2. The number of anilines is 2. The number of amides is 1. The van der Waals surface area contributed by atoms with E-state index in [-0.39, 0.29) is 18.2 Å². The maximum absolute atomic E-state index is 14.7. The second-order valence-corrected chi connectivity index (χ2v) is 7.57. The number of rotatable bonds is 7. The zero-order chi connectivity index (χ0) is 23.2. The van der Waals surface area contributed by atoms with Crippen molar-refractivity contribution < 1.29 is 23.8 Å². The number of aromatic nitrogens is 3. The normalized spacial score (nSPS) is 15.7. The average molecular weight is 453 g/mol. The number of likely N-dealkylation sites (tertiary alicyclic amines) is 1. The topological polar surface area (TPSA) is 110 Å². The third-order valence-corrected chi connectivity index (χ3v) is 5.29. The number of carboxylic acid groups (broad SMARTS) is 1. The highest BCUT2D eigenvalue weighted by Gasteiger charge is 2.29. The molecular weight excluding hydrogens is 429 g/mol. The number of nitrogens with zero attached hydrogens (tertiary/aromatic N) is 4. The van der Waals surface area contributed by atoms with Gasteiger partial charge in [-0.1, -0.05) is 6.07 Å². The van der Waals surface area contributed by atoms with Crippen molar-refractivity contribution in [2.24, 2.45) is 0 Å². The molecule has 1 aliphatic rings. The maximum atomic E-state index is 14.7. The molecule has 0 saturated carbocycles. The van der Waals surface area contributed by atoms with Crippen molar-refractivity contribution in [2.45, 2.75) is 39.0 Å². The summed E-state index contributed by atoms with van der Waals surface area (Å²) in [6.45, 7) is 2.37. The predicted octanol–water partition coefficient (Wildman–Crippen LogP) is 4.51. The van der Waals surface area contributed by atoms with E-state index in [1.54, 1.807) is 25.3 Å². The van der Waals surface area contributed by atoms with Gasteiger partial charge in [-0.2, -0.15) is 0 Å². The Kier molecular flexibility index (Phi) is 6.82. The number of ether oxygens (including phenoxy) is 2. The molecule has 1 saturated heterocycles. The van der Waals surface area contributed by atoms with E-state index < -0.39 is 18.1 Å². The van der Waals surface area contributed by atoms with Crippen LogP contribution in [0.1, 0.15) is 30.5 Å². The molecule has 3 heterocycles. The third-order valence-electron chi connectivity index (χ3n) is 5.29. The molecule has 0 spiro atoms. The maximum Gasteiger partial charge on any atom is 0.410 e. The first-order chi connectivity index (χ1) is 16.0. The summed E-state index contributed by atoms with van der Waals surface area (Å²) in [6.07, 6.45) is 3.55. The number of piperidine rings is 1. The Morgan fingerprint density at radius 1 is 1.24 bits per heavy atom. The fourth-order valence-electron chi connectivity index (χ4n) is 3.51. The average Bonchev–Trinajstić information content (AvgIpc) is 2.82. The molecule has 10 heteroatoms. The lowest BCUT2D eigenvalue weighted by atomic mass is 10.1. The predicted molar refractivity (Wildman–Crippen MR) is 118 cm³/mol. The molecule has 2 N–H and O–H groups in total. The van der Waals surface area contributed by atoms with E-state index >= 15 is 0 Å². The quantitative estimate of drug-likeness (QED) is 0.538. The van der Waals surface area contributed by atoms with Crippen LogP contribution in [0.5, 0.6) is 11.6 Å². The fraction of sp³-hybridized carbons (Fsp3) is 0.304. The number of halogens is 1. The van der Waals surface area contributed by atoms with E-state index in [1.165, 1.54) is 17.3 Å². The number of benzene rings is 1. The van der Waals surface area contributed by atoms with Crippen LogP contribution in [0.2, 0.25) is 0 Å². The highest BCUT2D eigenvalue weighted by Crippen LogP contribution is 2.29. The first-order valence-corrected chi connectivity index (χ1v) is 10.6. The summed E-state index contributed by atoms with van der Waals surface area (Å²) in [4.78, 5) is 25.3. The molecule has 0 aliphatic carbocycles. The van der Waals surface area contributed by atoms with E-state index in [1.807, 2.05) is 18.2 Å². The van der Waals surface area contributed by atoms with Gasteiger partial charge >= 0.3 is 6.09 Å². The number of nitrogens with one attached hydrogen (secondary N) is 1. The van der Waals surface area contributed by atoms with Crippen molar-refractivity contribution in [3.05, 3.63) is 66.0 Å². The van der Waals surface area contributed by atoms with Gasteiger partial charge in [0.2, 0.25) is 5.88 Å². The van der Waals surface area contributed by atoms with Gasteiger partial charge in [0, 0.05) is 25.2 Å². The van der Waals surface area contributed by atoms with Crippen molar-refractivity contribution in [3.8, 4) is 11.6 Å². The Labute approximate surface area is 190 Å². The number of hydrogen-bond donors (Lipinski definition) is 2. The summed E-state index contributed by atoms with van der Waals surface area (Å²) >= 11 is 0. The van der Waals surface area contributed by atoms with Gasteiger partial charge in [-0.25, -0.2) is 19.2 Å². The third kappa shape index (κ3) is 5.46. The molecule has 172 valence electrons. The van der Waals surface area contributed by atoms with Gasteiger partial charge in [-0.15, -0.1) is 0 Å². The van der Waals surface area contributed by atoms with E-state index in [2.05, 4.69) is 20.3 Å². The van der Waals surface area contributed by atoms with E-state index in [9.17, 15) is 14.3 Å². The van der Waals surface area contributed by atoms with E-state index in [4.69, 9.17) is 9.47 Å². The van der Waals surface area contributed by atoms with Crippen molar-refractivity contribution in [1.82, 2.24) is 19.9 Å². The van der Waals surface area contributed by atoms with Crippen molar-refractivity contribution >= 4 is 17.6 Å². The Bertz CT molecular complexity index is 1120. The van der Waals surface area contributed by atoms with Crippen LogP contribution in [-0.4, -0.2) is 43.8 Å². The van der Waals surface area contributed by atoms with Crippen LogP contribution in [0, 0.1) is 12.7 Å². The summed E-state index contributed by atoms with van der Waals surface area (Å²) in [5.74, 6) is 0.469.